The first-order chi connectivity index (χ1) is 15.7. The van der Waals surface area contributed by atoms with Gasteiger partial charge in [0.05, 0.1) is 0 Å². The molecule has 1 aromatic carbocycles. The van der Waals surface area contributed by atoms with Gasteiger partial charge in [0, 0.05) is 18.5 Å². The van der Waals surface area contributed by atoms with Crippen molar-refractivity contribution in [2.24, 2.45) is 7.05 Å². The predicted octanol–water partition coefficient (Wildman–Crippen LogP) is 3.33. The number of thioether (sulfide) groups is 1. The van der Waals surface area contributed by atoms with Gasteiger partial charge in [0.1, 0.15) is 23.7 Å². The first-order valence-electron chi connectivity index (χ1n) is 11.1. The topological polar surface area (TPSA) is 113 Å². The summed E-state index contributed by atoms with van der Waals surface area (Å²) in [7, 11) is 1.41. The molecule has 0 aliphatic heterocycles. The van der Waals surface area contributed by atoms with Crippen molar-refractivity contribution in [2.75, 3.05) is 13.2 Å². The fourth-order valence-electron chi connectivity index (χ4n) is 2.94. The van der Waals surface area contributed by atoms with Gasteiger partial charge < -0.3 is 14.6 Å². The first kappa shape index (κ1) is 26.5. The highest BCUT2D eigenvalue weighted by atomic mass is 32.2. The van der Waals surface area contributed by atoms with Crippen LogP contribution in [0.3, 0.4) is 0 Å². The fourth-order valence-corrected chi connectivity index (χ4v) is 3.89. The van der Waals surface area contributed by atoms with Gasteiger partial charge in [0.25, 0.3) is 5.88 Å². The Morgan fingerprint density at radius 3 is 2.33 bits per heavy atom. The minimum Gasteiger partial charge on any atom is -0.490 e. The van der Waals surface area contributed by atoms with Crippen LogP contribution >= 0.6 is 11.8 Å². The van der Waals surface area contributed by atoms with E-state index >= 15 is 0 Å². The molecule has 0 saturated carbocycles. The molecule has 0 aliphatic rings. The average Bonchev–Trinajstić information content (AvgIpc) is 2.78. The Morgan fingerprint density at radius 1 is 1.06 bits per heavy atom. The summed E-state index contributed by atoms with van der Waals surface area (Å²) in [6.07, 6.45) is 5.22. The van der Waals surface area contributed by atoms with Gasteiger partial charge >= 0.3 is 17.2 Å². The molecule has 1 N–H and O–H groups in total. The maximum atomic E-state index is 12.3. The lowest BCUT2D eigenvalue weighted by Gasteiger charge is -2.18. The van der Waals surface area contributed by atoms with Gasteiger partial charge in [-0.1, -0.05) is 32.6 Å². The number of carbonyl (C=O) groups is 1. The quantitative estimate of drug-likeness (QED) is 0.324. The second kappa shape index (κ2) is 12.5. The highest BCUT2D eigenvalue weighted by molar-refractivity contribution is 8.01. The van der Waals surface area contributed by atoms with Crippen molar-refractivity contribution < 1.29 is 19.4 Å². The van der Waals surface area contributed by atoms with Crippen molar-refractivity contribution in [3.05, 3.63) is 45.1 Å². The number of ether oxygens (including phenoxy) is 2. The van der Waals surface area contributed by atoms with Gasteiger partial charge in [-0.05, 0) is 44.5 Å². The van der Waals surface area contributed by atoms with Gasteiger partial charge in [-0.15, -0.1) is 16.9 Å². The van der Waals surface area contributed by atoms with E-state index in [4.69, 9.17) is 9.47 Å². The molecule has 2 aromatic rings. The van der Waals surface area contributed by atoms with Crippen molar-refractivity contribution in [3.63, 3.8) is 0 Å². The molecule has 9 nitrogen and oxygen atoms in total. The SMILES string of the molecule is CCCCCCCn1nc(OCCOc2ccc(SC(C)(C)C(=O)O)cc2)c(=O)n(C)c1=O. The molecule has 0 atom stereocenters. The molecule has 0 unspecified atom stereocenters. The molecule has 0 aliphatic carbocycles. The summed E-state index contributed by atoms with van der Waals surface area (Å²) < 4.78 is 12.5. The number of carboxylic acids is 1. The van der Waals surface area contributed by atoms with Crippen LogP contribution in [0.25, 0.3) is 0 Å². The van der Waals surface area contributed by atoms with Gasteiger partial charge in [0.15, 0.2) is 0 Å². The largest absolute Gasteiger partial charge is 0.490 e. The van der Waals surface area contributed by atoms with Gasteiger partial charge in [0.2, 0.25) is 0 Å². The Kier molecular flexibility index (Phi) is 10.0. The van der Waals surface area contributed by atoms with E-state index in [0.29, 0.717) is 12.3 Å². The van der Waals surface area contributed by atoms with Crippen LogP contribution in [0.15, 0.2) is 38.8 Å². The fraction of sp³-hybridized carbons (Fsp3) is 0.565. The Labute approximate surface area is 197 Å². The van der Waals surface area contributed by atoms with Crippen LogP contribution in [0.4, 0.5) is 0 Å². The summed E-state index contributed by atoms with van der Waals surface area (Å²) in [4.78, 5) is 36.6. The monoisotopic (exact) mass is 479 g/mol. The van der Waals surface area contributed by atoms with Crippen LogP contribution in [0, 0.1) is 0 Å². The van der Waals surface area contributed by atoms with Gasteiger partial charge in [-0.2, -0.15) is 0 Å². The zero-order chi connectivity index (χ0) is 24.4. The highest BCUT2D eigenvalue weighted by Crippen LogP contribution is 2.33. The van der Waals surface area contributed by atoms with E-state index < -0.39 is 22.0 Å². The van der Waals surface area contributed by atoms with E-state index in [2.05, 4.69) is 12.0 Å². The molecule has 0 bridgehead atoms. The summed E-state index contributed by atoms with van der Waals surface area (Å²) in [6.45, 7) is 6.13. The molecule has 1 heterocycles. The summed E-state index contributed by atoms with van der Waals surface area (Å²) in [5.41, 5.74) is -1.03. The molecule has 0 fully saturated rings. The molecular formula is C23H33N3O6S. The van der Waals surface area contributed by atoms with Gasteiger partial charge in [-0.3, -0.25) is 14.2 Å². The second-order valence-electron chi connectivity index (χ2n) is 8.18. The number of aliphatic carboxylic acids is 1. The predicted molar refractivity (Wildman–Crippen MR) is 128 cm³/mol. The van der Waals surface area contributed by atoms with Crippen molar-refractivity contribution in [2.45, 2.75) is 69.1 Å². The summed E-state index contributed by atoms with van der Waals surface area (Å²) in [5, 5.41) is 13.3. The number of unbranched alkanes of at least 4 members (excludes halogenated alkanes) is 4. The molecule has 10 heteroatoms. The van der Waals surface area contributed by atoms with Crippen LogP contribution in [0.5, 0.6) is 11.6 Å². The molecule has 0 saturated heterocycles. The lowest BCUT2D eigenvalue weighted by Crippen LogP contribution is -2.40. The smallest absolute Gasteiger partial charge is 0.347 e. The number of aromatic nitrogens is 3. The van der Waals surface area contributed by atoms with Crippen LogP contribution < -0.4 is 20.7 Å². The summed E-state index contributed by atoms with van der Waals surface area (Å²) in [5.74, 6) is -0.418. The van der Waals surface area contributed by atoms with Crippen LogP contribution in [0.1, 0.15) is 52.9 Å². The van der Waals surface area contributed by atoms with Crippen molar-refractivity contribution in [3.8, 4) is 11.6 Å². The molecule has 2 rings (SSSR count). The lowest BCUT2D eigenvalue weighted by atomic mass is 10.1. The Hall–Kier alpha value is -2.75. The number of hydrogen-bond acceptors (Lipinski definition) is 7. The van der Waals surface area contributed by atoms with E-state index in [-0.39, 0.29) is 19.1 Å². The second-order valence-corrected chi connectivity index (χ2v) is 9.87. The number of carboxylic acid groups (broad SMARTS) is 1. The standard InChI is InChI=1S/C23H33N3O6S/c1-5-6-7-8-9-14-26-22(30)25(4)20(27)19(24-26)32-16-15-31-17-10-12-18(13-11-17)33-23(2,3)21(28)29/h10-13H,5-9,14-16H2,1-4H3,(H,28,29). The van der Waals surface area contributed by atoms with Crippen molar-refractivity contribution in [1.29, 1.82) is 0 Å². The molecule has 33 heavy (non-hydrogen) atoms. The third-order valence-corrected chi connectivity index (χ3v) is 6.18. The molecule has 1 aromatic heterocycles. The zero-order valence-electron chi connectivity index (χ0n) is 19.7. The first-order valence-corrected chi connectivity index (χ1v) is 11.9. The van der Waals surface area contributed by atoms with E-state index in [0.717, 1.165) is 41.6 Å². The average molecular weight is 480 g/mol. The molecule has 0 amide bonds. The number of aryl methyl sites for hydroxylation is 1. The van der Waals surface area contributed by atoms with Gasteiger partial charge in [-0.25, -0.2) is 9.48 Å². The number of hydrogen-bond donors (Lipinski definition) is 1. The third kappa shape index (κ3) is 7.96. The lowest BCUT2D eigenvalue weighted by molar-refractivity contribution is -0.138. The molecule has 182 valence electrons. The maximum absolute atomic E-state index is 12.3. The number of nitrogens with zero attached hydrogens (tertiary/aromatic N) is 3. The summed E-state index contributed by atoms with van der Waals surface area (Å²) >= 11 is 1.25. The van der Waals surface area contributed by atoms with Crippen molar-refractivity contribution >= 4 is 17.7 Å². The van der Waals surface area contributed by atoms with E-state index in [1.165, 1.54) is 23.5 Å². The normalized spacial score (nSPS) is 11.4. The zero-order valence-corrected chi connectivity index (χ0v) is 20.5. The molecular weight excluding hydrogens is 446 g/mol. The van der Waals surface area contributed by atoms with E-state index in [1.807, 2.05) is 0 Å². The highest BCUT2D eigenvalue weighted by Gasteiger charge is 2.28. The number of rotatable bonds is 14. The Bertz CT molecular complexity index is 1030. The van der Waals surface area contributed by atoms with E-state index in [9.17, 15) is 19.5 Å². The maximum Gasteiger partial charge on any atom is 0.347 e. The van der Waals surface area contributed by atoms with E-state index in [1.54, 1.807) is 38.1 Å². The number of benzene rings is 1. The molecule has 0 spiro atoms. The minimum absolute atomic E-state index is 0.0828. The minimum atomic E-state index is -0.929. The Balaban J connectivity index is 1.89. The van der Waals surface area contributed by atoms with Crippen LogP contribution in [-0.4, -0.2) is 43.4 Å². The summed E-state index contributed by atoms with van der Waals surface area (Å²) in [6, 6.07) is 7.07. The Morgan fingerprint density at radius 2 is 1.70 bits per heavy atom. The van der Waals surface area contributed by atoms with Crippen LogP contribution in [-0.2, 0) is 18.4 Å². The third-order valence-electron chi connectivity index (χ3n) is 4.98. The van der Waals surface area contributed by atoms with Crippen LogP contribution in [0.2, 0.25) is 0 Å². The van der Waals surface area contributed by atoms with Crippen molar-refractivity contribution in [1.82, 2.24) is 14.3 Å². The molecule has 0 radical (unpaired) electrons.